The van der Waals surface area contributed by atoms with Gasteiger partial charge in [-0.15, -0.1) is 13.2 Å². The van der Waals surface area contributed by atoms with Crippen LogP contribution in [0.15, 0.2) is 37.5 Å². The fourth-order valence-electron chi connectivity index (χ4n) is 2.58. The van der Waals surface area contributed by atoms with Crippen LogP contribution in [-0.2, 0) is 9.16 Å². The molecule has 0 radical (unpaired) electrons. The quantitative estimate of drug-likeness (QED) is 0.446. The maximum Gasteiger partial charge on any atom is 0.192 e. The van der Waals surface area contributed by atoms with Crippen molar-refractivity contribution in [1.82, 2.24) is 0 Å². The molecule has 0 unspecified atom stereocenters. The van der Waals surface area contributed by atoms with Gasteiger partial charge in [-0.2, -0.15) is 0 Å². The van der Waals surface area contributed by atoms with Gasteiger partial charge in [0, 0.05) is 0 Å². The Morgan fingerprint density at radius 2 is 1.95 bits per heavy atom. The molecule has 1 rings (SSSR count). The Labute approximate surface area is 138 Å². The minimum absolute atomic E-state index is 0.100. The molecule has 2 nitrogen and oxygen atoms in total. The van der Waals surface area contributed by atoms with Gasteiger partial charge in [-0.3, -0.25) is 0 Å². The largest absolute Gasteiger partial charge is 0.414 e. The molecule has 0 N–H and O–H groups in total. The third kappa shape index (κ3) is 5.53. The molecule has 0 aromatic heterocycles. The zero-order valence-corrected chi connectivity index (χ0v) is 16.2. The SMILES string of the molecule is C=CC[C@@H](C[C@H]1CC(=C)C[C@@H](C=C)O1)O[Si](C)(C)C(C)(C)C. The molecule has 0 spiro atoms. The van der Waals surface area contributed by atoms with Gasteiger partial charge in [0.25, 0.3) is 0 Å². The highest BCUT2D eigenvalue weighted by atomic mass is 28.4. The highest BCUT2D eigenvalue weighted by Gasteiger charge is 2.39. The summed E-state index contributed by atoms with van der Waals surface area (Å²) in [6.07, 6.45) is 7.91. The summed E-state index contributed by atoms with van der Waals surface area (Å²) in [4.78, 5) is 0. The van der Waals surface area contributed by atoms with Crippen LogP contribution < -0.4 is 0 Å². The lowest BCUT2D eigenvalue weighted by molar-refractivity contribution is -0.0290. The molecule has 0 aliphatic carbocycles. The smallest absolute Gasteiger partial charge is 0.192 e. The third-order valence-electron chi connectivity index (χ3n) is 4.86. The maximum absolute atomic E-state index is 6.58. The molecule has 126 valence electrons. The first-order valence-electron chi connectivity index (χ1n) is 8.32. The molecule has 1 fully saturated rings. The van der Waals surface area contributed by atoms with Crippen LogP contribution in [0, 0.1) is 0 Å². The van der Waals surface area contributed by atoms with E-state index in [1.165, 1.54) is 5.57 Å². The molecule has 1 saturated heterocycles. The van der Waals surface area contributed by atoms with Crippen molar-refractivity contribution >= 4 is 8.32 Å². The number of rotatable bonds is 7. The summed E-state index contributed by atoms with van der Waals surface area (Å²) in [6.45, 7) is 23.3. The van der Waals surface area contributed by atoms with Gasteiger partial charge in [0.2, 0.25) is 0 Å². The van der Waals surface area contributed by atoms with Crippen LogP contribution in [0.4, 0.5) is 0 Å². The van der Waals surface area contributed by atoms with Gasteiger partial charge in [0.1, 0.15) is 0 Å². The van der Waals surface area contributed by atoms with Crippen molar-refractivity contribution in [3.8, 4) is 0 Å². The van der Waals surface area contributed by atoms with Gasteiger partial charge in [0.05, 0.1) is 18.3 Å². The number of hydrogen-bond acceptors (Lipinski definition) is 2. The maximum atomic E-state index is 6.58. The molecule has 0 aromatic rings. The average Bonchev–Trinajstić information content (AvgIpc) is 2.36. The molecule has 3 atom stereocenters. The Morgan fingerprint density at radius 3 is 2.45 bits per heavy atom. The Balaban J connectivity index is 2.73. The Bertz CT molecular complexity index is 406. The van der Waals surface area contributed by atoms with Crippen LogP contribution in [0.2, 0.25) is 18.1 Å². The first kappa shape index (κ1) is 19.4. The Kier molecular flexibility index (Phi) is 6.84. The van der Waals surface area contributed by atoms with E-state index in [0.717, 1.165) is 25.7 Å². The molecule has 22 heavy (non-hydrogen) atoms. The highest BCUT2D eigenvalue weighted by molar-refractivity contribution is 6.74. The van der Waals surface area contributed by atoms with Gasteiger partial charge in [-0.1, -0.05) is 45.1 Å². The lowest BCUT2D eigenvalue weighted by Crippen LogP contribution is -2.45. The third-order valence-corrected chi connectivity index (χ3v) is 9.39. The zero-order valence-electron chi connectivity index (χ0n) is 15.2. The van der Waals surface area contributed by atoms with Crippen LogP contribution >= 0.6 is 0 Å². The summed E-state index contributed by atoms with van der Waals surface area (Å²) in [6, 6.07) is 0. The lowest BCUT2D eigenvalue weighted by atomic mass is 9.95. The molecule has 3 heteroatoms. The lowest BCUT2D eigenvalue weighted by Gasteiger charge is -2.40. The van der Waals surface area contributed by atoms with Crippen molar-refractivity contribution in [1.29, 1.82) is 0 Å². The second-order valence-electron chi connectivity index (χ2n) is 7.95. The molecule has 0 saturated carbocycles. The molecule has 0 amide bonds. The molecular formula is C19H34O2Si. The molecule has 0 aromatic carbocycles. The second kappa shape index (κ2) is 7.76. The standard InChI is InChI=1S/C19H34O2Si/c1-9-11-17(21-22(7,8)19(4,5)6)14-18-13-15(3)12-16(10-2)20-18/h9-10,16-18H,1-3,11-14H2,4-8H3/t16-,17+,18-/m1/s1. The van der Waals surface area contributed by atoms with E-state index in [1.807, 2.05) is 12.2 Å². The summed E-state index contributed by atoms with van der Waals surface area (Å²) in [5.41, 5.74) is 1.26. The number of ether oxygens (including phenoxy) is 1. The molecule has 1 aliphatic rings. The van der Waals surface area contributed by atoms with Crippen molar-refractivity contribution in [2.45, 2.75) is 82.9 Å². The minimum Gasteiger partial charge on any atom is -0.414 e. The summed E-state index contributed by atoms with van der Waals surface area (Å²) in [7, 11) is -1.78. The van der Waals surface area contributed by atoms with Crippen molar-refractivity contribution in [2.75, 3.05) is 0 Å². The van der Waals surface area contributed by atoms with Crippen LogP contribution in [0.5, 0.6) is 0 Å². The van der Waals surface area contributed by atoms with Crippen molar-refractivity contribution < 1.29 is 9.16 Å². The first-order chi connectivity index (χ1) is 10.1. The fraction of sp³-hybridized carbons (Fsp3) is 0.684. The zero-order chi connectivity index (χ0) is 17.0. The van der Waals surface area contributed by atoms with Crippen molar-refractivity contribution in [2.24, 2.45) is 0 Å². The molecule has 1 aliphatic heterocycles. The van der Waals surface area contributed by atoms with E-state index >= 15 is 0 Å². The van der Waals surface area contributed by atoms with E-state index in [2.05, 4.69) is 53.6 Å². The minimum atomic E-state index is -1.78. The van der Waals surface area contributed by atoms with Crippen molar-refractivity contribution in [3.63, 3.8) is 0 Å². The second-order valence-corrected chi connectivity index (χ2v) is 12.7. The predicted octanol–water partition coefficient (Wildman–Crippen LogP) is 5.63. The van der Waals surface area contributed by atoms with Gasteiger partial charge in [0.15, 0.2) is 8.32 Å². The van der Waals surface area contributed by atoms with E-state index in [0.29, 0.717) is 0 Å². The number of hydrogen-bond donors (Lipinski definition) is 0. The topological polar surface area (TPSA) is 18.5 Å². The summed E-state index contributed by atoms with van der Waals surface area (Å²) in [5.74, 6) is 0. The Hall–Kier alpha value is -0.643. The summed E-state index contributed by atoms with van der Waals surface area (Å²) >= 11 is 0. The van der Waals surface area contributed by atoms with Gasteiger partial charge >= 0.3 is 0 Å². The fourth-order valence-corrected chi connectivity index (χ4v) is 3.96. The normalized spacial score (nSPS) is 24.9. The van der Waals surface area contributed by atoms with Crippen LogP contribution in [0.3, 0.4) is 0 Å². The highest BCUT2D eigenvalue weighted by Crippen LogP contribution is 2.38. The van der Waals surface area contributed by atoms with E-state index < -0.39 is 8.32 Å². The van der Waals surface area contributed by atoms with E-state index in [-0.39, 0.29) is 23.4 Å². The van der Waals surface area contributed by atoms with Crippen LogP contribution in [-0.4, -0.2) is 26.6 Å². The van der Waals surface area contributed by atoms with Crippen LogP contribution in [0.25, 0.3) is 0 Å². The predicted molar refractivity (Wildman–Crippen MR) is 98.7 cm³/mol. The van der Waals surface area contributed by atoms with Gasteiger partial charge < -0.3 is 9.16 Å². The monoisotopic (exact) mass is 322 g/mol. The van der Waals surface area contributed by atoms with Gasteiger partial charge in [-0.05, 0) is 43.8 Å². The van der Waals surface area contributed by atoms with E-state index in [4.69, 9.17) is 9.16 Å². The van der Waals surface area contributed by atoms with E-state index in [1.54, 1.807) is 0 Å². The first-order valence-corrected chi connectivity index (χ1v) is 11.2. The molecule has 1 heterocycles. The Morgan fingerprint density at radius 1 is 1.32 bits per heavy atom. The average molecular weight is 323 g/mol. The van der Waals surface area contributed by atoms with Gasteiger partial charge in [-0.25, -0.2) is 0 Å². The molecule has 0 bridgehead atoms. The summed E-state index contributed by atoms with van der Waals surface area (Å²) < 4.78 is 12.7. The van der Waals surface area contributed by atoms with E-state index in [9.17, 15) is 0 Å². The molecular weight excluding hydrogens is 288 g/mol. The van der Waals surface area contributed by atoms with Crippen LogP contribution in [0.1, 0.15) is 46.5 Å². The summed E-state index contributed by atoms with van der Waals surface area (Å²) in [5, 5.41) is 0.215. The van der Waals surface area contributed by atoms with Crippen molar-refractivity contribution in [3.05, 3.63) is 37.5 Å².